The fraction of sp³-hybridized carbons (Fsp3) is 0. The van der Waals surface area contributed by atoms with Gasteiger partial charge in [-0.05, 0) is 66.1 Å². The number of nitrogens with one attached hydrogen (secondary N) is 2. The Bertz CT molecular complexity index is 1080. The van der Waals surface area contributed by atoms with E-state index in [1.165, 1.54) is 12.1 Å². The van der Waals surface area contributed by atoms with Gasteiger partial charge in [0.25, 0.3) is 0 Å². The molecule has 0 fully saturated rings. The molecule has 122 valence electrons. The number of halogens is 1. The molecule has 2 aromatic carbocycles. The van der Waals surface area contributed by atoms with E-state index in [4.69, 9.17) is 12.2 Å². The molecular weight excluding hydrogens is 335 g/mol. The lowest BCUT2D eigenvalue weighted by atomic mass is 10.1. The summed E-state index contributed by atoms with van der Waals surface area (Å²) in [4.78, 5) is 8.67. The second-order valence-corrected chi connectivity index (χ2v) is 5.91. The monoisotopic (exact) mass is 348 g/mol. The van der Waals surface area contributed by atoms with Crippen molar-refractivity contribution in [3.05, 3.63) is 72.9 Å². The zero-order valence-electron chi connectivity index (χ0n) is 13.0. The summed E-state index contributed by atoms with van der Waals surface area (Å²) in [6, 6.07) is 13.8. The molecule has 0 radical (unpaired) electrons. The average Bonchev–Trinajstić information content (AvgIpc) is 2.64. The number of hydrogen-bond acceptors (Lipinski definition) is 3. The first kappa shape index (κ1) is 15.4. The van der Waals surface area contributed by atoms with Gasteiger partial charge in [0.05, 0.1) is 11.2 Å². The van der Waals surface area contributed by atoms with Crippen LogP contribution < -0.4 is 10.6 Å². The summed E-state index contributed by atoms with van der Waals surface area (Å²) in [6.45, 7) is 0. The smallest absolute Gasteiger partial charge is 0.175 e. The molecule has 4 nitrogen and oxygen atoms in total. The summed E-state index contributed by atoms with van der Waals surface area (Å²) in [6.07, 6.45) is 5.31. The number of thiocarbonyl (C=S) groups is 1. The Morgan fingerprint density at radius 2 is 1.80 bits per heavy atom. The molecule has 25 heavy (non-hydrogen) atoms. The van der Waals surface area contributed by atoms with E-state index in [0.29, 0.717) is 10.8 Å². The van der Waals surface area contributed by atoms with E-state index in [1.54, 1.807) is 24.5 Å². The SMILES string of the molecule is Fc1ccc(NC(=S)Nc2cc3ccncc3c3ncccc23)cc1. The van der Waals surface area contributed by atoms with E-state index in [2.05, 4.69) is 20.6 Å². The van der Waals surface area contributed by atoms with Gasteiger partial charge < -0.3 is 10.6 Å². The third-order valence-corrected chi connectivity index (χ3v) is 4.06. The number of aromatic nitrogens is 2. The van der Waals surface area contributed by atoms with Gasteiger partial charge in [-0.2, -0.15) is 0 Å². The quantitative estimate of drug-likeness (QED) is 0.405. The molecule has 2 N–H and O–H groups in total. The first-order valence-electron chi connectivity index (χ1n) is 7.66. The maximum absolute atomic E-state index is 13.0. The fourth-order valence-electron chi connectivity index (χ4n) is 2.72. The fourth-order valence-corrected chi connectivity index (χ4v) is 2.95. The Morgan fingerprint density at radius 3 is 2.64 bits per heavy atom. The minimum absolute atomic E-state index is 0.287. The summed E-state index contributed by atoms with van der Waals surface area (Å²) >= 11 is 5.39. The lowest BCUT2D eigenvalue weighted by Gasteiger charge is -2.14. The van der Waals surface area contributed by atoms with Gasteiger partial charge in [0.2, 0.25) is 0 Å². The van der Waals surface area contributed by atoms with Crippen LogP contribution >= 0.6 is 12.2 Å². The number of anilines is 2. The van der Waals surface area contributed by atoms with Crippen LogP contribution in [-0.2, 0) is 0 Å². The Kier molecular flexibility index (Phi) is 3.95. The topological polar surface area (TPSA) is 49.8 Å². The van der Waals surface area contributed by atoms with Crippen LogP contribution in [0.1, 0.15) is 0 Å². The lowest BCUT2D eigenvalue weighted by molar-refractivity contribution is 0.628. The van der Waals surface area contributed by atoms with Crippen LogP contribution in [0.4, 0.5) is 15.8 Å². The van der Waals surface area contributed by atoms with Gasteiger partial charge in [-0.15, -0.1) is 0 Å². The number of rotatable bonds is 2. The summed E-state index contributed by atoms with van der Waals surface area (Å²) in [5, 5.41) is 9.64. The molecule has 4 rings (SSSR count). The van der Waals surface area contributed by atoms with Crippen LogP contribution in [0.5, 0.6) is 0 Å². The minimum atomic E-state index is -0.287. The van der Waals surface area contributed by atoms with Crippen molar-refractivity contribution < 1.29 is 4.39 Å². The van der Waals surface area contributed by atoms with Gasteiger partial charge in [0, 0.05) is 35.1 Å². The predicted molar refractivity (Wildman–Crippen MR) is 103 cm³/mol. The molecule has 2 aromatic heterocycles. The summed E-state index contributed by atoms with van der Waals surface area (Å²) in [5.74, 6) is -0.287. The van der Waals surface area contributed by atoms with Gasteiger partial charge >= 0.3 is 0 Å². The van der Waals surface area contributed by atoms with Gasteiger partial charge in [-0.3, -0.25) is 9.97 Å². The molecule has 4 aromatic rings. The Morgan fingerprint density at radius 1 is 0.960 bits per heavy atom. The number of benzene rings is 2. The van der Waals surface area contributed by atoms with Gasteiger partial charge in [-0.1, -0.05) is 0 Å². The van der Waals surface area contributed by atoms with Crippen molar-refractivity contribution in [2.24, 2.45) is 0 Å². The van der Waals surface area contributed by atoms with Gasteiger partial charge in [0.1, 0.15) is 5.82 Å². The van der Waals surface area contributed by atoms with E-state index < -0.39 is 0 Å². The number of fused-ring (bicyclic) bond motifs is 3. The number of pyridine rings is 2. The largest absolute Gasteiger partial charge is 0.332 e. The molecule has 0 saturated heterocycles. The third kappa shape index (κ3) is 3.12. The number of hydrogen-bond donors (Lipinski definition) is 2. The minimum Gasteiger partial charge on any atom is -0.332 e. The zero-order chi connectivity index (χ0) is 17.2. The van der Waals surface area contributed by atoms with Crippen molar-refractivity contribution >= 4 is 50.4 Å². The van der Waals surface area contributed by atoms with E-state index in [9.17, 15) is 4.39 Å². The number of nitrogens with zero attached hydrogens (tertiary/aromatic N) is 2. The second-order valence-electron chi connectivity index (χ2n) is 5.51. The average molecular weight is 348 g/mol. The Hall–Kier alpha value is -3.12. The lowest BCUT2D eigenvalue weighted by Crippen LogP contribution is -2.19. The van der Waals surface area contributed by atoms with E-state index in [0.717, 1.165) is 27.4 Å². The van der Waals surface area contributed by atoms with Crippen LogP contribution in [0.15, 0.2) is 67.1 Å². The molecule has 0 unspecified atom stereocenters. The molecule has 6 heteroatoms. The van der Waals surface area contributed by atoms with Crippen molar-refractivity contribution in [2.45, 2.75) is 0 Å². The van der Waals surface area contributed by atoms with Crippen LogP contribution in [0, 0.1) is 5.82 Å². The zero-order valence-corrected chi connectivity index (χ0v) is 13.8. The first-order valence-corrected chi connectivity index (χ1v) is 8.06. The molecule has 0 bridgehead atoms. The molecule has 0 atom stereocenters. The van der Waals surface area contributed by atoms with E-state index in [-0.39, 0.29) is 5.82 Å². The first-order chi connectivity index (χ1) is 12.2. The van der Waals surface area contributed by atoms with E-state index in [1.807, 2.05) is 30.5 Å². The van der Waals surface area contributed by atoms with Crippen molar-refractivity contribution in [3.8, 4) is 0 Å². The van der Waals surface area contributed by atoms with Crippen molar-refractivity contribution in [1.29, 1.82) is 0 Å². The molecule has 0 spiro atoms. The predicted octanol–water partition coefficient (Wildman–Crippen LogP) is 4.73. The van der Waals surface area contributed by atoms with Crippen LogP contribution in [-0.4, -0.2) is 15.1 Å². The van der Waals surface area contributed by atoms with Gasteiger partial charge in [0.15, 0.2) is 5.11 Å². The molecule has 0 aliphatic rings. The summed E-state index contributed by atoms with van der Waals surface area (Å²) in [7, 11) is 0. The highest BCUT2D eigenvalue weighted by molar-refractivity contribution is 7.80. The van der Waals surface area contributed by atoms with Crippen LogP contribution in [0.2, 0.25) is 0 Å². The second kappa shape index (κ2) is 6.41. The summed E-state index contributed by atoms with van der Waals surface area (Å²) < 4.78 is 13.0. The molecule has 0 saturated carbocycles. The molecule has 2 heterocycles. The standard InChI is InChI=1S/C19H13FN4S/c20-13-3-5-14(6-4-13)23-19(25)24-17-10-12-7-9-21-11-16(12)18-15(17)2-1-8-22-18/h1-11H,(H2,23,24,25). The van der Waals surface area contributed by atoms with Crippen LogP contribution in [0.25, 0.3) is 21.7 Å². The third-order valence-electron chi connectivity index (χ3n) is 3.86. The van der Waals surface area contributed by atoms with E-state index >= 15 is 0 Å². The van der Waals surface area contributed by atoms with Crippen molar-refractivity contribution in [3.63, 3.8) is 0 Å². The van der Waals surface area contributed by atoms with Crippen molar-refractivity contribution in [2.75, 3.05) is 10.6 Å². The highest BCUT2D eigenvalue weighted by atomic mass is 32.1. The van der Waals surface area contributed by atoms with Crippen molar-refractivity contribution in [1.82, 2.24) is 9.97 Å². The molecule has 0 amide bonds. The normalized spacial score (nSPS) is 10.8. The highest BCUT2D eigenvalue weighted by Gasteiger charge is 2.09. The maximum Gasteiger partial charge on any atom is 0.175 e. The molecule has 0 aliphatic carbocycles. The van der Waals surface area contributed by atoms with Gasteiger partial charge in [-0.25, -0.2) is 4.39 Å². The molecule has 0 aliphatic heterocycles. The summed E-state index contributed by atoms with van der Waals surface area (Å²) in [5.41, 5.74) is 2.42. The Labute approximate surface area is 148 Å². The molecular formula is C19H13FN4S. The highest BCUT2D eigenvalue weighted by Crippen LogP contribution is 2.30. The maximum atomic E-state index is 13.0. The Balaban J connectivity index is 1.70. The van der Waals surface area contributed by atoms with Crippen LogP contribution in [0.3, 0.4) is 0 Å².